The molecule has 0 saturated heterocycles. The minimum Gasteiger partial charge on any atom is -0.310 e. The van der Waals surface area contributed by atoms with Gasteiger partial charge in [-0.1, -0.05) is 151 Å². The zero-order chi connectivity index (χ0) is 37.5. The molecule has 0 spiro atoms. The molecule has 9 aromatic rings. The maximum absolute atomic E-state index is 5.04. The van der Waals surface area contributed by atoms with Crippen molar-refractivity contribution in [2.45, 2.75) is 9.79 Å². The van der Waals surface area contributed by atoms with E-state index in [1.54, 1.807) is 0 Å². The fourth-order valence-electron chi connectivity index (χ4n) is 9.93. The van der Waals surface area contributed by atoms with Crippen LogP contribution in [0, 0.1) is 0 Å². The number of hydrogen-bond acceptors (Lipinski definition) is 5. The van der Waals surface area contributed by atoms with Gasteiger partial charge in [-0.25, -0.2) is 0 Å². The molecule has 4 nitrogen and oxygen atoms in total. The van der Waals surface area contributed by atoms with Crippen molar-refractivity contribution < 1.29 is 0 Å². The Morgan fingerprint density at radius 3 is 1.93 bits per heavy atom. The molecule has 0 radical (unpaired) electrons. The molecular formula is C50H33BN4SSi. The van der Waals surface area contributed by atoms with E-state index in [2.05, 4.69) is 191 Å². The molecule has 12 rings (SSSR count). The van der Waals surface area contributed by atoms with Crippen LogP contribution in [0.3, 0.4) is 0 Å². The normalized spacial score (nSPS) is 14.3. The van der Waals surface area contributed by atoms with Crippen LogP contribution in [0.2, 0.25) is 0 Å². The molecule has 266 valence electrons. The van der Waals surface area contributed by atoms with Crippen molar-refractivity contribution in [2.24, 2.45) is 0 Å². The molecule has 7 aromatic carbocycles. The van der Waals surface area contributed by atoms with Gasteiger partial charge in [0, 0.05) is 40.2 Å². The number of aromatic nitrogens is 2. The third-order valence-corrected chi connectivity index (χ3v) is 18.2. The summed E-state index contributed by atoms with van der Waals surface area (Å²) in [5.41, 5.74) is 12.0. The van der Waals surface area contributed by atoms with Crippen molar-refractivity contribution in [1.29, 1.82) is 0 Å². The second-order valence-electron chi connectivity index (χ2n) is 14.9. The number of nitrogens with zero attached hydrogens (tertiary/aromatic N) is 4. The van der Waals surface area contributed by atoms with Gasteiger partial charge >= 0.3 is 0 Å². The van der Waals surface area contributed by atoms with Gasteiger partial charge in [-0.2, -0.15) is 0 Å². The van der Waals surface area contributed by atoms with Crippen LogP contribution in [0.4, 0.5) is 34.1 Å². The zero-order valence-electron chi connectivity index (χ0n) is 30.8. The molecule has 0 amide bonds. The highest BCUT2D eigenvalue weighted by Gasteiger charge is 2.54. The lowest BCUT2D eigenvalue weighted by atomic mass is 9.35. The Kier molecular flexibility index (Phi) is 7.24. The smallest absolute Gasteiger partial charge is 0.246 e. The zero-order valence-corrected chi connectivity index (χ0v) is 32.6. The molecule has 7 heteroatoms. The van der Waals surface area contributed by atoms with Crippen LogP contribution in [0.5, 0.6) is 0 Å². The van der Waals surface area contributed by atoms with Crippen molar-refractivity contribution in [3.05, 3.63) is 201 Å². The van der Waals surface area contributed by atoms with Crippen molar-refractivity contribution in [3.8, 4) is 0 Å². The molecule has 0 atom stereocenters. The number of hydrogen-bond donors (Lipinski definition) is 0. The maximum atomic E-state index is 5.04. The highest BCUT2D eigenvalue weighted by molar-refractivity contribution is 8.00. The van der Waals surface area contributed by atoms with Gasteiger partial charge in [0.1, 0.15) is 0 Å². The Morgan fingerprint density at radius 2 is 1.14 bits per heavy atom. The lowest BCUT2D eigenvalue weighted by Gasteiger charge is -2.49. The van der Waals surface area contributed by atoms with E-state index in [0.717, 1.165) is 28.0 Å². The van der Waals surface area contributed by atoms with Gasteiger partial charge in [-0.05, 0) is 80.2 Å². The molecular weight excluding hydrogens is 728 g/mol. The summed E-state index contributed by atoms with van der Waals surface area (Å²) in [5, 5.41) is 6.73. The van der Waals surface area contributed by atoms with Crippen LogP contribution in [-0.2, 0) is 0 Å². The van der Waals surface area contributed by atoms with Crippen LogP contribution in [0.15, 0.2) is 210 Å². The van der Waals surface area contributed by atoms with Gasteiger partial charge in [0.15, 0.2) is 8.07 Å². The van der Waals surface area contributed by atoms with E-state index in [0.29, 0.717) is 0 Å². The summed E-state index contributed by atoms with van der Waals surface area (Å²) in [6, 6.07) is 67.7. The van der Waals surface area contributed by atoms with E-state index in [4.69, 9.17) is 4.98 Å². The van der Waals surface area contributed by atoms with E-state index in [-0.39, 0.29) is 6.71 Å². The summed E-state index contributed by atoms with van der Waals surface area (Å²) >= 11 is 1.89. The Balaban J connectivity index is 1.31. The van der Waals surface area contributed by atoms with Crippen molar-refractivity contribution in [3.63, 3.8) is 0 Å². The van der Waals surface area contributed by atoms with Gasteiger partial charge < -0.3 is 9.80 Å². The Bertz CT molecular complexity index is 2990. The highest BCUT2D eigenvalue weighted by Crippen LogP contribution is 2.56. The summed E-state index contributed by atoms with van der Waals surface area (Å²) in [6.45, 7) is 0.0317. The minimum absolute atomic E-state index is 0.0317. The van der Waals surface area contributed by atoms with E-state index < -0.39 is 8.07 Å². The Hall–Kier alpha value is -6.67. The van der Waals surface area contributed by atoms with Crippen LogP contribution in [-0.4, -0.2) is 24.8 Å². The van der Waals surface area contributed by atoms with Crippen molar-refractivity contribution in [2.75, 3.05) is 9.80 Å². The first-order valence-corrected chi connectivity index (χ1v) is 22.3. The molecule has 5 heterocycles. The fraction of sp³-hybridized carbons (Fsp3) is 0. The number of rotatable bonds is 4. The van der Waals surface area contributed by atoms with E-state index in [1.165, 1.54) is 64.0 Å². The summed E-state index contributed by atoms with van der Waals surface area (Å²) in [5.74, 6) is 0. The number of fused-ring (bicyclic) bond motifs is 8. The molecule has 0 aliphatic carbocycles. The van der Waals surface area contributed by atoms with Crippen molar-refractivity contribution >= 4 is 109 Å². The molecule has 0 N–H and O–H groups in total. The van der Waals surface area contributed by atoms with Gasteiger partial charge in [0.2, 0.25) is 6.71 Å². The van der Waals surface area contributed by atoms with E-state index in [9.17, 15) is 0 Å². The minimum atomic E-state index is -3.01. The molecule has 0 saturated carbocycles. The van der Waals surface area contributed by atoms with Crippen LogP contribution in [0.1, 0.15) is 0 Å². The first kappa shape index (κ1) is 32.6. The van der Waals surface area contributed by atoms with Gasteiger partial charge in [0.05, 0.1) is 33.2 Å². The molecule has 0 fully saturated rings. The number of benzene rings is 7. The Labute approximate surface area is 337 Å². The largest absolute Gasteiger partial charge is 0.310 e. The van der Waals surface area contributed by atoms with E-state index in [1.807, 2.05) is 36.4 Å². The molecule has 57 heavy (non-hydrogen) atoms. The summed E-state index contributed by atoms with van der Waals surface area (Å²) in [4.78, 5) is 17.0. The predicted molar refractivity (Wildman–Crippen MR) is 241 cm³/mol. The lowest BCUT2D eigenvalue weighted by Crippen LogP contribution is -2.87. The van der Waals surface area contributed by atoms with Crippen molar-refractivity contribution in [1.82, 2.24) is 9.97 Å². The molecule has 0 unspecified atom stereocenters. The highest BCUT2D eigenvalue weighted by atomic mass is 32.2. The molecule has 3 aliphatic heterocycles. The standard InChI is InChI=1S/C50H33BN4SSi/c1-3-17-36(18-4-1)57(37-19-5-2-6-20-37)45-27-12-8-22-39(45)51-38-21-7-9-23-40(38)54(35-28-31-52-32-29-35)49-47(51)46(57)33-43-50(49)56-44-26-11-10-24-41(44)55(43)42-25-13-15-34-16-14-30-53-48(34)42/h1-33H. The van der Waals surface area contributed by atoms with Crippen LogP contribution >= 0.6 is 11.8 Å². The second-order valence-corrected chi connectivity index (χ2v) is 19.7. The predicted octanol–water partition coefficient (Wildman–Crippen LogP) is 7.55. The average Bonchev–Trinajstić information content (AvgIpc) is 3.29. The number of anilines is 6. The number of para-hydroxylation sites is 3. The molecule has 2 aromatic heterocycles. The average molecular weight is 761 g/mol. The number of pyridine rings is 2. The molecule has 3 aliphatic rings. The Morgan fingerprint density at radius 1 is 0.491 bits per heavy atom. The summed E-state index contributed by atoms with van der Waals surface area (Å²) in [7, 11) is -3.01. The maximum Gasteiger partial charge on any atom is 0.246 e. The lowest BCUT2D eigenvalue weighted by molar-refractivity contribution is 1.15. The second kappa shape index (κ2) is 12.7. The summed E-state index contributed by atoms with van der Waals surface area (Å²) in [6.07, 6.45) is 5.76. The molecule has 0 bridgehead atoms. The van der Waals surface area contributed by atoms with Gasteiger partial charge in [-0.15, -0.1) is 0 Å². The third kappa shape index (κ3) is 4.58. The fourth-order valence-corrected chi connectivity index (χ4v) is 16.4. The quantitative estimate of drug-likeness (QED) is 0.173. The third-order valence-electron chi connectivity index (χ3n) is 12.1. The van der Waals surface area contributed by atoms with E-state index >= 15 is 0 Å². The topological polar surface area (TPSA) is 32.3 Å². The first-order chi connectivity index (χ1) is 28.3. The van der Waals surface area contributed by atoms with Gasteiger partial charge in [-0.3, -0.25) is 9.97 Å². The first-order valence-electron chi connectivity index (χ1n) is 19.4. The van der Waals surface area contributed by atoms with Crippen LogP contribution < -0.4 is 46.9 Å². The monoisotopic (exact) mass is 760 g/mol. The van der Waals surface area contributed by atoms with Crippen LogP contribution in [0.25, 0.3) is 10.9 Å². The SMILES string of the molecule is c1ccc([Si]2(c3ccccc3)c3ccccc3B3c4ccccc4N(c4ccncc4)c4c5c(cc2c43)N(c2cccc3cccnc23)c2ccccc2S5)cc1. The summed E-state index contributed by atoms with van der Waals surface area (Å²) < 4.78 is 0. The van der Waals surface area contributed by atoms with Gasteiger partial charge in [0.25, 0.3) is 0 Å².